The standard InChI is InChI=1S/C16H18FN4O3/c1-24-16(15(8-17)19-20-18)12-4-2-11(3-5-12)13-6-7-14(10-22)21(23)9-13/h2-7,9,15-16,22-23H,8,10H2,1H3/q+1/t15-,16-/m1/s1. The summed E-state index contributed by atoms with van der Waals surface area (Å²) in [6.07, 6.45) is 0.804. The number of methoxy groups -OCH3 is 1. The highest BCUT2D eigenvalue weighted by Crippen LogP contribution is 2.26. The van der Waals surface area contributed by atoms with Crippen LogP contribution in [0.4, 0.5) is 4.39 Å². The molecule has 126 valence electrons. The van der Waals surface area contributed by atoms with Gasteiger partial charge < -0.3 is 9.84 Å². The third kappa shape index (κ3) is 3.80. The summed E-state index contributed by atoms with van der Waals surface area (Å²) in [6, 6.07) is 9.53. The molecule has 2 rings (SSSR count). The molecule has 2 atom stereocenters. The summed E-state index contributed by atoms with van der Waals surface area (Å²) in [5.74, 6) is 0. The molecule has 0 saturated carbocycles. The number of rotatable bonds is 7. The quantitative estimate of drug-likeness (QED) is 0.268. The number of aromatic nitrogens is 1. The first-order valence-electron chi connectivity index (χ1n) is 7.22. The second-order valence-corrected chi connectivity index (χ2v) is 5.12. The van der Waals surface area contributed by atoms with Crippen LogP contribution in [0.1, 0.15) is 17.4 Å². The number of benzene rings is 1. The largest absolute Gasteiger partial charge is 0.385 e. The Labute approximate surface area is 138 Å². The minimum Gasteiger partial charge on any atom is -0.385 e. The van der Waals surface area contributed by atoms with E-state index in [1.165, 1.54) is 13.3 Å². The molecule has 2 N–H and O–H groups in total. The number of azide groups is 1. The number of pyridine rings is 1. The molecular formula is C16H18FN4O3+. The maximum Gasteiger partial charge on any atom is 0.259 e. The first kappa shape index (κ1) is 17.7. The van der Waals surface area contributed by atoms with Crippen LogP contribution in [-0.4, -0.2) is 30.1 Å². The van der Waals surface area contributed by atoms with Gasteiger partial charge in [0.15, 0.2) is 0 Å². The predicted octanol–water partition coefficient (Wildman–Crippen LogP) is 2.71. The minimum atomic E-state index is -0.936. The van der Waals surface area contributed by atoms with Crippen LogP contribution in [0, 0.1) is 0 Å². The van der Waals surface area contributed by atoms with Gasteiger partial charge in [-0.05, 0) is 22.7 Å². The average molecular weight is 333 g/mol. The second-order valence-electron chi connectivity index (χ2n) is 5.12. The van der Waals surface area contributed by atoms with E-state index in [9.17, 15) is 9.60 Å². The Morgan fingerprint density at radius 1 is 1.25 bits per heavy atom. The Morgan fingerprint density at radius 3 is 2.42 bits per heavy atom. The number of ether oxygens (including phenoxy) is 1. The normalized spacial score (nSPS) is 13.1. The molecule has 0 fully saturated rings. The van der Waals surface area contributed by atoms with Crippen molar-refractivity contribution in [1.29, 1.82) is 0 Å². The number of aliphatic hydroxyl groups is 1. The van der Waals surface area contributed by atoms with Gasteiger partial charge in [0.05, 0.1) is 17.7 Å². The van der Waals surface area contributed by atoms with Crippen molar-refractivity contribution in [3.8, 4) is 11.1 Å². The van der Waals surface area contributed by atoms with E-state index < -0.39 is 18.8 Å². The van der Waals surface area contributed by atoms with Gasteiger partial charge in [0.2, 0.25) is 6.20 Å². The number of aliphatic hydroxyl groups excluding tert-OH is 1. The van der Waals surface area contributed by atoms with E-state index >= 15 is 0 Å². The molecule has 0 aliphatic rings. The van der Waals surface area contributed by atoms with Crippen LogP contribution in [0.15, 0.2) is 47.7 Å². The SMILES string of the molecule is CO[C@H](c1ccc(-c2ccc(CO)[n+](O)c2)cc1)[C@@H](CF)N=[N+]=[N-]. The molecule has 7 nitrogen and oxygen atoms in total. The van der Waals surface area contributed by atoms with Crippen LogP contribution in [0.5, 0.6) is 0 Å². The number of hydrogen-bond acceptors (Lipinski definition) is 4. The van der Waals surface area contributed by atoms with Crippen LogP contribution in [0.3, 0.4) is 0 Å². The Morgan fingerprint density at radius 2 is 1.92 bits per heavy atom. The van der Waals surface area contributed by atoms with Crippen LogP contribution < -0.4 is 4.73 Å². The summed E-state index contributed by atoms with van der Waals surface area (Å²) in [7, 11) is 1.43. The highest BCUT2D eigenvalue weighted by Gasteiger charge is 2.22. The third-order valence-corrected chi connectivity index (χ3v) is 3.71. The first-order valence-corrected chi connectivity index (χ1v) is 7.22. The molecule has 0 aliphatic heterocycles. The lowest BCUT2D eigenvalue weighted by atomic mass is 9.99. The van der Waals surface area contributed by atoms with E-state index in [1.807, 2.05) is 0 Å². The molecule has 0 spiro atoms. The molecule has 0 saturated heterocycles. The van der Waals surface area contributed by atoms with Crippen molar-refractivity contribution >= 4 is 0 Å². The highest BCUT2D eigenvalue weighted by atomic mass is 19.1. The van der Waals surface area contributed by atoms with Crippen molar-refractivity contribution in [1.82, 2.24) is 0 Å². The van der Waals surface area contributed by atoms with Gasteiger partial charge in [-0.1, -0.05) is 29.4 Å². The molecule has 2 aromatic rings. The fourth-order valence-corrected chi connectivity index (χ4v) is 2.44. The highest BCUT2D eigenvalue weighted by molar-refractivity contribution is 5.62. The van der Waals surface area contributed by atoms with E-state index in [4.69, 9.17) is 15.4 Å². The second kappa shape index (κ2) is 8.26. The van der Waals surface area contributed by atoms with Crippen molar-refractivity contribution in [3.63, 3.8) is 0 Å². The topological polar surface area (TPSA) is 102 Å². The zero-order chi connectivity index (χ0) is 17.5. The Bertz CT molecular complexity index is 733. The maximum absolute atomic E-state index is 13.0. The molecule has 0 unspecified atom stereocenters. The van der Waals surface area contributed by atoms with E-state index in [2.05, 4.69) is 10.0 Å². The smallest absolute Gasteiger partial charge is 0.259 e. The van der Waals surface area contributed by atoms with Crippen molar-refractivity contribution in [3.05, 3.63) is 64.3 Å². The van der Waals surface area contributed by atoms with Crippen molar-refractivity contribution in [2.24, 2.45) is 5.11 Å². The Hall–Kier alpha value is -2.67. The molecule has 24 heavy (non-hydrogen) atoms. The lowest BCUT2D eigenvalue weighted by Gasteiger charge is -2.20. The average Bonchev–Trinajstić information content (AvgIpc) is 2.62. The van der Waals surface area contributed by atoms with Crippen molar-refractivity contribution in [2.45, 2.75) is 18.8 Å². The summed E-state index contributed by atoms with van der Waals surface area (Å²) in [6.45, 7) is -1.09. The zero-order valence-corrected chi connectivity index (χ0v) is 13.1. The third-order valence-electron chi connectivity index (χ3n) is 3.71. The fraction of sp³-hybridized carbons (Fsp3) is 0.312. The van der Waals surface area contributed by atoms with Gasteiger partial charge >= 0.3 is 0 Å². The monoisotopic (exact) mass is 333 g/mol. The predicted molar refractivity (Wildman–Crippen MR) is 83.8 cm³/mol. The van der Waals surface area contributed by atoms with Gasteiger partial charge in [-0.15, -0.1) is 0 Å². The molecule has 0 radical (unpaired) electrons. The van der Waals surface area contributed by atoms with E-state index in [0.717, 1.165) is 15.9 Å². The van der Waals surface area contributed by atoms with Crippen LogP contribution in [-0.2, 0) is 11.3 Å². The summed E-state index contributed by atoms with van der Waals surface area (Å²) in [5, 5.41) is 22.2. The maximum atomic E-state index is 13.0. The lowest BCUT2D eigenvalue weighted by molar-refractivity contribution is -0.910. The van der Waals surface area contributed by atoms with Gasteiger partial charge in [-0.2, -0.15) is 0 Å². The summed E-state index contributed by atoms with van der Waals surface area (Å²) in [5.41, 5.74) is 11.1. The van der Waals surface area contributed by atoms with Crippen molar-refractivity contribution in [2.75, 3.05) is 13.8 Å². The molecule has 1 heterocycles. The number of hydrogen-bond donors (Lipinski definition) is 2. The molecule has 1 aromatic heterocycles. The molecular weight excluding hydrogens is 315 g/mol. The Balaban J connectivity index is 2.29. The summed E-state index contributed by atoms with van der Waals surface area (Å²) in [4.78, 5) is 2.65. The van der Waals surface area contributed by atoms with Gasteiger partial charge in [-0.3, -0.25) is 9.60 Å². The van der Waals surface area contributed by atoms with Crippen LogP contribution in [0.25, 0.3) is 21.6 Å². The van der Waals surface area contributed by atoms with E-state index in [-0.39, 0.29) is 6.61 Å². The van der Waals surface area contributed by atoms with Gasteiger partial charge in [0.25, 0.3) is 5.69 Å². The van der Waals surface area contributed by atoms with Crippen molar-refractivity contribution < 1.29 is 24.2 Å². The van der Waals surface area contributed by atoms with E-state index in [0.29, 0.717) is 11.3 Å². The Kier molecular flexibility index (Phi) is 6.08. The van der Waals surface area contributed by atoms with Gasteiger partial charge in [0, 0.05) is 22.8 Å². The minimum absolute atomic E-state index is 0.269. The summed E-state index contributed by atoms with van der Waals surface area (Å²) >= 11 is 0. The lowest BCUT2D eigenvalue weighted by Crippen LogP contribution is -2.34. The fourth-order valence-electron chi connectivity index (χ4n) is 2.44. The molecule has 8 heteroatoms. The molecule has 0 aliphatic carbocycles. The molecule has 1 aromatic carbocycles. The van der Waals surface area contributed by atoms with Gasteiger partial charge in [-0.25, -0.2) is 0 Å². The number of halogens is 1. The zero-order valence-electron chi connectivity index (χ0n) is 13.1. The summed E-state index contributed by atoms with van der Waals surface area (Å²) < 4.78 is 19.2. The number of alkyl halides is 1. The van der Waals surface area contributed by atoms with Crippen LogP contribution >= 0.6 is 0 Å². The van der Waals surface area contributed by atoms with Gasteiger partial charge in [0.1, 0.15) is 13.3 Å². The van der Waals surface area contributed by atoms with E-state index in [1.54, 1.807) is 36.4 Å². The molecule has 0 amide bonds. The van der Waals surface area contributed by atoms with Crippen LogP contribution in [0.2, 0.25) is 0 Å². The molecule has 0 bridgehead atoms. The first-order chi connectivity index (χ1) is 11.6. The number of nitrogens with zero attached hydrogens (tertiary/aromatic N) is 4.